The summed E-state index contributed by atoms with van der Waals surface area (Å²) < 4.78 is 0. The van der Waals surface area contributed by atoms with Crippen LogP contribution in [-0.2, 0) is 57.5 Å². The molecule has 0 aromatic rings. The summed E-state index contributed by atoms with van der Waals surface area (Å²) in [5.41, 5.74) is -4.76. The number of aliphatic carboxylic acids is 9. The predicted octanol–water partition coefficient (Wildman–Crippen LogP) is 2.54. The summed E-state index contributed by atoms with van der Waals surface area (Å²) in [4.78, 5) is 146. The van der Waals surface area contributed by atoms with Crippen LogP contribution in [0.2, 0.25) is 0 Å². The topological polar surface area (TPSA) is 423 Å². The lowest BCUT2D eigenvalue weighted by Gasteiger charge is -2.39. The number of carbonyl (C=O) groups is 12. The maximum absolute atomic E-state index is 13.9. The van der Waals surface area contributed by atoms with E-state index in [4.69, 9.17) is 0 Å². The first-order valence-electron chi connectivity index (χ1n) is 21.6. The van der Waals surface area contributed by atoms with Crippen LogP contribution >= 0.6 is 0 Å². The highest BCUT2D eigenvalue weighted by Crippen LogP contribution is 2.40. The van der Waals surface area contributed by atoms with Crippen LogP contribution in [0.4, 0.5) is 0 Å². The molecule has 3 amide bonds. The lowest BCUT2D eigenvalue weighted by atomic mass is 9.71. The van der Waals surface area contributed by atoms with E-state index in [1.165, 1.54) is 0 Å². The van der Waals surface area contributed by atoms with Gasteiger partial charge < -0.3 is 61.9 Å². The van der Waals surface area contributed by atoms with Gasteiger partial charge in [-0.15, -0.1) is 0 Å². The van der Waals surface area contributed by atoms with E-state index in [1.807, 2.05) is 0 Å². The monoisotopic (exact) mass is 945 g/mol. The van der Waals surface area contributed by atoms with E-state index in [1.54, 1.807) is 0 Å². The first-order chi connectivity index (χ1) is 30.7. The van der Waals surface area contributed by atoms with Crippen LogP contribution in [0.3, 0.4) is 0 Å². The Hall–Kier alpha value is -6.36. The second kappa shape index (κ2) is 27.8. The van der Waals surface area contributed by atoms with Crippen molar-refractivity contribution < 1.29 is 103 Å². The van der Waals surface area contributed by atoms with Crippen molar-refractivity contribution in [3.8, 4) is 0 Å². The fourth-order valence-electron chi connectivity index (χ4n) is 8.83. The van der Waals surface area contributed by atoms with Gasteiger partial charge in [-0.3, -0.25) is 57.5 Å². The Kier molecular flexibility index (Phi) is 24.3. The molecule has 1 aliphatic carbocycles. The van der Waals surface area contributed by atoms with Gasteiger partial charge in [-0.25, -0.2) is 0 Å². The van der Waals surface area contributed by atoms with Crippen molar-refractivity contribution in [3.05, 3.63) is 0 Å². The molecule has 0 radical (unpaired) electrons. The Bertz CT molecular complexity index is 1440. The summed E-state index contributed by atoms with van der Waals surface area (Å²) in [7, 11) is 0. The molecule has 0 saturated heterocycles. The van der Waals surface area contributed by atoms with Crippen LogP contribution in [0, 0.1) is 17.8 Å². The fraction of sp³-hybridized carbons (Fsp3) is 0.714. The second-order valence-corrected chi connectivity index (χ2v) is 17.4. The number of rotatable bonds is 36. The largest absolute Gasteiger partial charge is 0.481 e. The molecular weight excluding hydrogens is 882 g/mol. The molecule has 0 aromatic heterocycles. The predicted molar refractivity (Wildman–Crippen MR) is 223 cm³/mol. The van der Waals surface area contributed by atoms with Crippen LogP contribution in [0.1, 0.15) is 154 Å². The van der Waals surface area contributed by atoms with Crippen molar-refractivity contribution in [2.24, 2.45) is 17.8 Å². The van der Waals surface area contributed by atoms with Gasteiger partial charge >= 0.3 is 53.7 Å². The van der Waals surface area contributed by atoms with Crippen molar-refractivity contribution in [3.63, 3.8) is 0 Å². The van der Waals surface area contributed by atoms with Gasteiger partial charge in [0.25, 0.3) is 0 Å². The highest BCUT2D eigenvalue weighted by atomic mass is 16.4. The Balaban J connectivity index is 3.69. The van der Waals surface area contributed by atoms with Gasteiger partial charge in [-0.05, 0) is 94.8 Å². The highest BCUT2D eigenvalue weighted by molar-refractivity contribution is 5.80. The normalized spacial score (nSPS) is 16.3. The summed E-state index contributed by atoms with van der Waals surface area (Å²) in [6.07, 6.45) is -8.72. The third-order valence-corrected chi connectivity index (χ3v) is 12.0. The lowest BCUT2D eigenvalue weighted by Crippen LogP contribution is -2.51. The Labute approximate surface area is 378 Å². The van der Waals surface area contributed by atoms with E-state index in [-0.39, 0.29) is 96.3 Å². The minimum absolute atomic E-state index is 0.109. The SMILES string of the molecule is O=C(O)CCC(CCC(=O)O)(CCC(=O)O)NC(=O)CC1CC(CC(=O)NC(CCC(=O)O)(CCC(=O)O)CCC(=O)O)CC(CC(=O)NC(CCC(=O)O)(CCC(=O)O)CCC(=O)O)C1. The molecule has 24 nitrogen and oxygen atoms in total. The Morgan fingerprint density at radius 3 is 0.545 bits per heavy atom. The minimum Gasteiger partial charge on any atom is -0.481 e. The molecule has 0 unspecified atom stereocenters. The summed E-state index contributed by atoms with van der Waals surface area (Å²) in [5.74, 6) is -15.9. The molecule has 1 saturated carbocycles. The maximum atomic E-state index is 13.9. The summed E-state index contributed by atoms with van der Waals surface area (Å²) in [5, 5.41) is 92.9. The summed E-state index contributed by atoms with van der Waals surface area (Å²) in [6.45, 7) is 0. The fourth-order valence-corrected chi connectivity index (χ4v) is 8.83. The first-order valence-corrected chi connectivity index (χ1v) is 21.6. The zero-order chi connectivity index (χ0) is 50.3. The third kappa shape index (κ3) is 24.6. The van der Waals surface area contributed by atoms with Crippen LogP contribution < -0.4 is 16.0 Å². The van der Waals surface area contributed by atoms with Gasteiger partial charge in [-0.2, -0.15) is 0 Å². The van der Waals surface area contributed by atoms with Crippen LogP contribution in [0.25, 0.3) is 0 Å². The molecule has 1 fully saturated rings. The number of nitrogens with one attached hydrogen (secondary N) is 3. The highest BCUT2D eigenvalue weighted by Gasteiger charge is 2.40. The average molecular weight is 946 g/mol. The van der Waals surface area contributed by atoms with E-state index < -0.39 is 164 Å². The molecule has 0 aliphatic heterocycles. The average Bonchev–Trinajstić information content (AvgIpc) is 3.19. The third-order valence-electron chi connectivity index (χ3n) is 12.0. The van der Waals surface area contributed by atoms with Crippen molar-refractivity contribution in [1.29, 1.82) is 0 Å². The number of amides is 3. The maximum Gasteiger partial charge on any atom is 0.303 e. The number of hydrogen-bond donors (Lipinski definition) is 12. The van der Waals surface area contributed by atoms with Crippen LogP contribution in [-0.4, -0.2) is 134 Å². The van der Waals surface area contributed by atoms with Crippen LogP contribution in [0.15, 0.2) is 0 Å². The van der Waals surface area contributed by atoms with E-state index in [9.17, 15) is 103 Å². The van der Waals surface area contributed by atoms with Crippen molar-refractivity contribution >= 4 is 71.4 Å². The van der Waals surface area contributed by atoms with E-state index in [0.717, 1.165) is 0 Å². The van der Waals surface area contributed by atoms with Gasteiger partial charge in [0.1, 0.15) is 0 Å². The van der Waals surface area contributed by atoms with E-state index >= 15 is 0 Å². The minimum atomic E-state index is -1.59. The number of carbonyl (C=O) groups excluding carboxylic acids is 3. The Morgan fingerprint density at radius 1 is 0.288 bits per heavy atom. The number of carboxylic acid groups (broad SMARTS) is 9. The van der Waals surface area contributed by atoms with Crippen molar-refractivity contribution in [1.82, 2.24) is 16.0 Å². The molecule has 1 aliphatic rings. The summed E-state index contributed by atoms with van der Waals surface area (Å²) in [6, 6.07) is 0. The molecule has 66 heavy (non-hydrogen) atoms. The molecule has 0 spiro atoms. The molecule has 0 bridgehead atoms. The molecule has 0 heterocycles. The lowest BCUT2D eigenvalue weighted by molar-refractivity contribution is -0.141. The van der Waals surface area contributed by atoms with Gasteiger partial charge in [0.15, 0.2) is 0 Å². The van der Waals surface area contributed by atoms with Crippen LogP contribution in [0.5, 0.6) is 0 Å². The molecule has 372 valence electrons. The number of hydrogen-bond acceptors (Lipinski definition) is 12. The van der Waals surface area contributed by atoms with Gasteiger partial charge in [0.05, 0.1) is 0 Å². The quantitative estimate of drug-likeness (QED) is 0.0429. The van der Waals surface area contributed by atoms with E-state index in [0.29, 0.717) is 0 Å². The number of carboxylic acids is 9. The summed E-state index contributed by atoms with van der Waals surface area (Å²) >= 11 is 0. The molecule has 24 heteroatoms. The van der Waals surface area contributed by atoms with Gasteiger partial charge in [-0.1, -0.05) is 0 Å². The van der Waals surface area contributed by atoms with Gasteiger partial charge in [0.2, 0.25) is 17.7 Å². The smallest absolute Gasteiger partial charge is 0.303 e. The standard InChI is InChI=1S/C42H63N3O21/c46-28(43-40(10-1-31(49)50,11-2-32(51)52)12-3-33(53)54)22-25-19-26(23-29(47)44-41(13-4-34(55)56,14-5-35(57)58)15-6-36(59)60)21-27(20-25)24-30(48)45-42(16-7-37(61)62,17-8-38(63)64)18-9-39(65)66/h25-27H,1-24H2,(H,43,46)(H,44,47)(H,45,48)(H,49,50)(H,51,52)(H,53,54)(H,55,56)(H,57,58)(H,59,60)(H,61,62)(H,63,64)(H,65,66). The molecule has 0 aromatic carbocycles. The zero-order valence-electron chi connectivity index (χ0n) is 36.6. The molecular formula is C42H63N3O21. The zero-order valence-corrected chi connectivity index (χ0v) is 36.6. The Morgan fingerprint density at radius 2 is 0.424 bits per heavy atom. The molecule has 0 atom stereocenters. The van der Waals surface area contributed by atoms with Gasteiger partial charge in [0, 0.05) is 93.7 Å². The van der Waals surface area contributed by atoms with E-state index in [2.05, 4.69) is 16.0 Å². The molecule has 12 N–H and O–H groups in total. The van der Waals surface area contributed by atoms with Crippen molar-refractivity contribution in [2.45, 2.75) is 171 Å². The first kappa shape index (κ1) is 57.7. The second-order valence-electron chi connectivity index (χ2n) is 17.4. The van der Waals surface area contributed by atoms with Crippen molar-refractivity contribution in [2.75, 3.05) is 0 Å². The molecule has 1 rings (SSSR count).